The van der Waals surface area contributed by atoms with Crippen molar-refractivity contribution in [2.45, 2.75) is 37.5 Å². The molecule has 0 saturated carbocycles. The molecule has 1 aliphatic carbocycles. The molecule has 5 rings (SSSR count). The predicted molar refractivity (Wildman–Crippen MR) is 136 cm³/mol. The second-order valence-corrected chi connectivity index (χ2v) is 9.80. The normalized spacial score (nSPS) is 20.8. The largest absolute Gasteiger partial charge is 0.492 e. The van der Waals surface area contributed by atoms with Crippen LogP contribution in [0.1, 0.15) is 53.4 Å². The monoisotopic (exact) mass is 493 g/mol. The van der Waals surface area contributed by atoms with Gasteiger partial charge in [-0.15, -0.1) is 0 Å². The standard InChI is InChI=1S/C28H31NO5S/c30-35(31)34-33-25-13-15-27-23(20-25)10-14-26(21-6-2-1-3-7-21)28(27)22-8-11-24(12-9-22)32-19-18-29-16-4-5-17-29/h1-3,6-9,11-13,15,20,26,28H,4-5,10,14,16-19H2,(H,30,31)/t26-,28+/m1/s1. The first-order valence-corrected chi connectivity index (χ1v) is 13.3. The molecule has 3 atom stereocenters. The Labute approximate surface area is 209 Å². The molecule has 35 heavy (non-hydrogen) atoms. The highest BCUT2D eigenvalue weighted by atomic mass is 32.2. The molecule has 2 aliphatic rings. The van der Waals surface area contributed by atoms with Crippen LogP contribution in [0.15, 0.2) is 72.8 Å². The van der Waals surface area contributed by atoms with E-state index in [1.54, 1.807) is 6.07 Å². The summed E-state index contributed by atoms with van der Waals surface area (Å²) in [5.41, 5.74) is 4.98. The molecule has 1 unspecified atom stereocenters. The van der Waals surface area contributed by atoms with Crippen LogP contribution in [0.3, 0.4) is 0 Å². The van der Waals surface area contributed by atoms with Gasteiger partial charge in [-0.2, -0.15) is 4.21 Å². The van der Waals surface area contributed by atoms with Gasteiger partial charge in [0.2, 0.25) is 0 Å². The number of likely N-dealkylation sites (tertiary alicyclic amines) is 1. The minimum absolute atomic E-state index is 0.182. The van der Waals surface area contributed by atoms with E-state index >= 15 is 0 Å². The second kappa shape index (κ2) is 11.4. The molecule has 184 valence electrons. The van der Waals surface area contributed by atoms with Crippen LogP contribution in [0, 0.1) is 0 Å². The lowest BCUT2D eigenvalue weighted by Gasteiger charge is -2.35. The summed E-state index contributed by atoms with van der Waals surface area (Å²) in [5, 5.41) is 0. The fraction of sp³-hybridized carbons (Fsp3) is 0.357. The van der Waals surface area contributed by atoms with Gasteiger partial charge in [0.1, 0.15) is 12.4 Å². The van der Waals surface area contributed by atoms with Gasteiger partial charge in [0.05, 0.1) is 0 Å². The predicted octanol–water partition coefficient (Wildman–Crippen LogP) is 5.47. The van der Waals surface area contributed by atoms with E-state index in [1.165, 1.54) is 42.6 Å². The summed E-state index contributed by atoms with van der Waals surface area (Å²) in [4.78, 5) is 7.46. The van der Waals surface area contributed by atoms with Crippen molar-refractivity contribution in [1.29, 1.82) is 0 Å². The second-order valence-electron chi connectivity index (χ2n) is 9.23. The molecule has 3 aromatic carbocycles. The summed E-state index contributed by atoms with van der Waals surface area (Å²) >= 11 is -2.48. The van der Waals surface area contributed by atoms with E-state index in [2.05, 4.69) is 69.9 Å². The maximum atomic E-state index is 10.8. The molecule has 0 spiro atoms. The molecule has 1 N–H and O–H groups in total. The third-order valence-electron chi connectivity index (χ3n) is 7.11. The Kier molecular flexibility index (Phi) is 7.79. The molecule has 7 heteroatoms. The van der Waals surface area contributed by atoms with Crippen LogP contribution in [0.4, 0.5) is 0 Å². The summed E-state index contributed by atoms with van der Waals surface area (Å²) in [6.07, 6.45) is 4.47. The highest BCUT2D eigenvalue weighted by molar-refractivity contribution is 7.74. The van der Waals surface area contributed by atoms with Crippen LogP contribution in [0.5, 0.6) is 11.5 Å². The third kappa shape index (κ3) is 5.93. The smallest absolute Gasteiger partial charge is 0.340 e. The van der Waals surface area contributed by atoms with E-state index in [-0.39, 0.29) is 5.92 Å². The average molecular weight is 494 g/mol. The van der Waals surface area contributed by atoms with E-state index in [9.17, 15) is 4.21 Å². The summed E-state index contributed by atoms with van der Waals surface area (Å²) in [6.45, 7) is 4.05. The maximum absolute atomic E-state index is 10.8. The summed E-state index contributed by atoms with van der Waals surface area (Å²) < 4.78 is 30.1. The van der Waals surface area contributed by atoms with Crippen molar-refractivity contribution in [3.63, 3.8) is 0 Å². The van der Waals surface area contributed by atoms with Crippen molar-refractivity contribution >= 4 is 11.4 Å². The van der Waals surface area contributed by atoms with Gasteiger partial charge in [-0.1, -0.05) is 52.9 Å². The minimum atomic E-state index is -2.48. The molecular formula is C28H31NO5S. The Morgan fingerprint density at radius 2 is 1.66 bits per heavy atom. The van der Waals surface area contributed by atoms with Gasteiger partial charge in [-0.05, 0) is 91.2 Å². The molecular weight excluding hydrogens is 462 g/mol. The van der Waals surface area contributed by atoms with Crippen molar-refractivity contribution in [1.82, 2.24) is 4.90 Å². The zero-order chi connectivity index (χ0) is 24.0. The highest BCUT2D eigenvalue weighted by Crippen LogP contribution is 2.47. The number of fused-ring (bicyclic) bond motifs is 1. The van der Waals surface area contributed by atoms with Crippen molar-refractivity contribution in [3.05, 3.63) is 95.1 Å². The van der Waals surface area contributed by atoms with Gasteiger partial charge in [0.15, 0.2) is 5.75 Å². The fourth-order valence-corrected chi connectivity index (χ4v) is 5.59. The third-order valence-corrected chi connectivity index (χ3v) is 7.29. The number of ether oxygens (including phenoxy) is 1. The number of hydrogen-bond donors (Lipinski definition) is 1. The van der Waals surface area contributed by atoms with Crippen LogP contribution < -0.4 is 9.62 Å². The molecule has 0 bridgehead atoms. The Hall–Kier alpha value is -2.71. The Morgan fingerprint density at radius 1 is 0.914 bits per heavy atom. The minimum Gasteiger partial charge on any atom is -0.492 e. The number of aryl methyl sites for hydroxylation is 1. The van der Waals surface area contributed by atoms with E-state index in [1.807, 2.05) is 6.07 Å². The van der Waals surface area contributed by atoms with Gasteiger partial charge in [0, 0.05) is 12.5 Å². The summed E-state index contributed by atoms with van der Waals surface area (Å²) in [6, 6.07) is 25.0. The van der Waals surface area contributed by atoms with Gasteiger partial charge in [0.25, 0.3) is 0 Å². The van der Waals surface area contributed by atoms with E-state index < -0.39 is 11.4 Å². The van der Waals surface area contributed by atoms with Crippen LogP contribution in [-0.2, 0) is 22.1 Å². The number of rotatable bonds is 9. The number of benzene rings is 3. The lowest BCUT2D eigenvalue weighted by atomic mass is 9.69. The quantitative estimate of drug-likeness (QED) is 0.242. The van der Waals surface area contributed by atoms with Crippen LogP contribution in [0.2, 0.25) is 0 Å². The molecule has 1 aliphatic heterocycles. The first-order chi connectivity index (χ1) is 17.2. The number of hydrogen-bond acceptors (Lipinski definition) is 5. The molecule has 1 fully saturated rings. The van der Waals surface area contributed by atoms with Crippen molar-refractivity contribution in [3.8, 4) is 11.5 Å². The van der Waals surface area contributed by atoms with Gasteiger partial charge in [-0.25, -0.2) is 0 Å². The molecule has 1 heterocycles. The average Bonchev–Trinajstić information content (AvgIpc) is 3.41. The molecule has 6 nitrogen and oxygen atoms in total. The van der Waals surface area contributed by atoms with E-state index in [4.69, 9.17) is 14.2 Å². The van der Waals surface area contributed by atoms with Gasteiger partial charge >= 0.3 is 11.4 Å². The van der Waals surface area contributed by atoms with E-state index in [0.717, 1.165) is 30.7 Å². The first-order valence-electron chi connectivity index (χ1n) is 12.3. The zero-order valence-electron chi connectivity index (χ0n) is 19.7. The lowest BCUT2D eigenvalue weighted by molar-refractivity contribution is -0.0939. The van der Waals surface area contributed by atoms with Crippen molar-refractivity contribution in [2.24, 2.45) is 0 Å². The van der Waals surface area contributed by atoms with E-state index in [0.29, 0.717) is 18.3 Å². The number of nitrogens with zero attached hydrogens (tertiary/aromatic N) is 1. The van der Waals surface area contributed by atoms with Crippen LogP contribution >= 0.6 is 0 Å². The molecule has 0 aromatic heterocycles. The SMILES string of the molecule is O=S(O)OOc1ccc2c(c1)CC[C@H](c1ccccc1)[C@@H]2c1ccc(OCCN2CCCC2)cc1. The van der Waals surface area contributed by atoms with Crippen molar-refractivity contribution in [2.75, 3.05) is 26.2 Å². The first kappa shape index (κ1) is 24.0. The summed E-state index contributed by atoms with van der Waals surface area (Å²) in [5.74, 6) is 1.85. The lowest BCUT2D eigenvalue weighted by Crippen LogP contribution is -2.25. The van der Waals surface area contributed by atoms with Gasteiger partial charge in [-0.3, -0.25) is 9.45 Å². The zero-order valence-corrected chi connectivity index (χ0v) is 20.5. The molecule has 3 aromatic rings. The fourth-order valence-electron chi connectivity index (χ4n) is 5.46. The van der Waals surface area contributed by atoms with Crippen molar-refractivity contribution < 1.29 is 22.7 Å². The highest BCUT2D eigenvalue weighted by Gasteiger charge is 2.32. The maximum Gasteiger partial charge on any atom is 0.340 e. The Bertz CT molecular complexity index is 1130. The van der Waals surface area contributed by atoms with Gasteiger partial charge < -0.3 is 9.62 Å². The Morgan fingerprint density at radius 3 is 2.40 bits per heavy atom. The summed E-state index contributed by atoms with van der Waals surface area (Å²) in [7, 11) is 0. The molecule has 0 amide bonds. The Balaban J connectivity index is 1.38. The van der Waals surface area contributed by atoms with Crippen LogP contribution in [0.25, 0.3) is 0 Å². The van der Waals surface area contributed by atoms with Crippen LogP contribution in [-0.4, -0.2) is 39.9 Å². The molecule has 1 saturated heterocycles. The topological polar surface area (TPSA) is 68.2 Å². The molecule has 0 radical (unpaired) electrons.